The second-order valence-electron chi connectivity index (χ2n) is 4.93. The number of aryl methyl sites for hydroxylation is 2. The molecule has 0 aliphatic heterocycles. The fraction of sp³-hybridized carbons (Fsp3) is 0.250. The molecule has 0 aliphatic carbocycles. The third-order valence-electron chi connectivity index (χ3n) is 3.21. The number of hydrogen-bond donors (Lipinski definition) is 1. The zero-order chi connectivity index (χ0) is 15.5. The standard InChI is InChI=1S/C16H18O4S/c1-12-7-9-14(10-8-12)15(17)11-20-21(18,19)16-6-4-3-5-13(16)2/h3-10,15,17H,11H2,1-2H3/t15-/m1/s1. The van der Waals surface area contributed by atoms with E-state index in [9.17, 15) is 13.5 Å². The summed E-state index contributed by atoms with van der Waals surface area (Å²) in [6.45, 7) is 3.33. The van der Waals surface area contributed by atoms with Crippen LogP contribution in [0.25, 0.3) is 0 Å². The molecule has 1 N–H and O–H groups in total. The Balaban J connectivity index is 2.08. The Kier molecular flexibility index (Phi) is 4.77. The Labute approximate surface area is 125 Å². The Morgan fingerprint density at radius 2 is 1.67 bits per heavy atom. The van der Waals surface area contributed by atoms with Crippen molar-refractivity contribution in [3.8, 4) is 0 Å². The van der Waals surface area contributed by atoms with Gasteiger partial charge in [0.15, 0.2) is 0 Å². The van der Waals surface area contributed by atoms with Gasteiger partial charge in [0.1, 0.15) is 6.10 Å². The molecule has 1 atom stereocenters. The van der Waals surface area contributed by atoms with Crippen LogP contribution in [-0.2, 0) is 14.3 Å². The van der Waals surface area contributed by atoms with E-state index < -0.39 is 16.2 Å². The molecule has 0 radical (unpaired) electrons. The Morgan fingerprint density at radius 1 is 1.05 bits per heavy atom. The molecule has 2 aromatic rings. The van der Waals surface area contributed by atoms with Crippen molar-refractivity contribution in [2.75, 3.05) is 6.61 Å². The number of aliphatic hydroxyl groups is 1. The van der Waals surface area contributed by atoms with Crippen LogP contribution < -0.4 is 0 Å². The lowest BCUT2D eigenvalue weighted by atomic mass is 10.1. The fourth-order valence-electron chi connectivity index (χ4n) is 1.94. The quantitative estimate of drug-likeness (QED) is 0.863. The van der Waals surface area contributed by atoms with Gasteiger partial charge in [0.05, 0.1) is 11.5 Å². The van der Waals surface area contributed by atoms with Gasteiger partial charge in [0.2, 0.25) is 0 Å². The lowest BCUT2D eigenvalue weighted by Gasteiger charge is -2.13. The van der Waals surface area contributed by atoms with Crippen LogP contribution in [0.3, 0.4) is 0 Å². The lowest BCUT2D eigenvalue weighted by molar-refractivity contribution is 0.111. The summed E-state index contributed by atoms with van der Waals surface area (Å²) in [5, 5.41) is 10.0. The van der Waals surface area contributed by atoms with Crippen LogP contribution in [0.15, 0.2) is 53.4 Å². The van der Waals surface area contributed by atoms with Gasteiger partial charge >= 0.3 is 0 Å². The summed E-state index contributed by atoms with van der Waals surface area (Å²) in [5.41, 5.74) is 2.31. The first-order valence-corrected chi connectivity index (χ1v) is 8.00. The maximum absolute atomic E-state index is 12.1. The molecule has 0 aliphatic rings. The van der Waals surface area contributed by atoms with Gasteiger partial charge in [0.25, 0.3) is 10.1 Å². The number of benzene rings is 2. The molecular weight excluding hydrogens is 288 g/mol. The highest BCUT2D eigenvalue weighted by Gasteiger charge is 2.19. The molecule has 0 bridgehead atoms. The summed E-state index contributed by atoms with van der Waals surface area (Å²) in [6, 6.07) is 13.8. The van der Waals surface area contributed by atoms with Crippen molar-refractivity contribution in [3.05, 3.63) is 65.2 Å². The number of hydrogen-bond acceptors (Lipinski definition) is 4. The van der Waals surface area contributed by atoms with Crippen LogP contribution in [-0.4, -0.2) is 20.1 Å². The Morgan fingerprint density at radius 3 is 2.29 bits per heavy atom. The normalized spacial score (nSPS) is 13.1. The molecule has 0 aromatic heterocycles. The Hall–Kier alpha value is -1.69. The van der Waals surface area contributed by atoms with E-state index in [4.69, 9.17) is 4.18 Å². The van der Waals surface area contributed by atoms with Crippen LogP contribution in [0.5, 0.6) is 0 Å². The Bertz CT molecular complexity index is 705. The van der Waals surface area contributed by atoms with Crippen molar-refractivity contribution in [2.45, 2.75) is 24.8 Å². The van der Waals surface area contributed by atoms with Gasteiger partial charge in [-0.25, -0.2) is 0 Å². The molecule has 0 unspecified atom stereocenters. The predicted molar refractivity (Wildman–Crippen MR) is 80.5 cm³/mol. The highest BCUT2D eigenvalue weighted by molar-refractivity contribution is 7.86. The lowest BCUT2D eigenvalue weighted by Crippen LogP contribution is -2.14. The molecule has 0 saturated carbocycles. The molecule has 21 heavy (non-hydrogen) atoms. The SMILES string of the molecule is Cc1ccc([C@H](O)COS(=O)(=O)c2ccccc2C)cc1. The molecule has 0 saturated heterocycles. The molecule has 0 fully saturated rings. The maximum Gasteiger partial charge on any atom is 0.297 e. The molecular formula is C16H18O4S. The summed E-state index contributed by atoms with van der Waals surface area (Å²) >= 11 is 0. The van der Waals surface area contributed by atoms with Crippen molar-refractivity contribution in [3.63, 3.8) is 0 Å². The first-order valence-electron chi connectivity index (χ1n) is 6.60. The minimum absolute atomic E-state index is 0.126. The largest absolute Gasteiger partial charge is 0.386 e. The molecule has 112 valence electrons. The predicted octanol–water partition coefficient (Wildman–Crippen LogP) is 2.74. The zero-order valence-corrected chi connectivity index (χ0v) is 12.8. The second kappa shape index (κ2) is 6.39. The molecule has 0 spiro atoms. The fourth-order valence-corrected chi connectivity index (χ4v) is 3.08. The van der Waals surface area contributed by atoms with Crippen molar-refractivity contribution in [2.24, 2.45) is 0 Å². The zero-order valence-electron chi connectivity index (χ0n) is 12.0. The third kappa shape index (κ3) is 3.91. The van der Waals surface area contributed by atoms with Gasteiger partial charge < -0.3 is 5.11 Å². The summed E-state index contributed by atoms with van der Waals surface area (Å²) in [6.07, 6.45) is -0.982. The van der Waals surface area contributed by atoms with Gasteiger partial charge in [-0.1, -0.05) is 48.0 Å². The highest BCUT2D eigenvalue weighted by Crippen LogP contribution is 2.20. The minimum atomic E-state index is -3.86. The van der Waals surface area contributed by atoms with E-state index in [1.165, 1.54) is 6.07 Å². The second-order valence-corrected chi connectivity index (χ2v) is 6.51. The van der Waals surface area contributed by atoms with Crippen molar-refractivity contribution in [1.82, 2.24) is 0 Å². The summed E-state index contributed by atoms with van der Waals surface area (Å²) in [5.74, 6) is 0. The van der Waals surface area contributed by atoms with E-state index in [0.29, 0.717) is 11.1 Å². The van der Waals surface area contributed by atoms with Crippen LogP contribution >= 0.6 is 0 Å². The van der Waals surface area contributed by atoms with Crippen molar-refractivity contribution < 1.29 is 17.7 Å². The molecule has 4 nitrogen and oxygen atoms in total. The molecule has 2 rings (SSSR count). The van der Waals surface area contributed by atoms with Gasteiger partial charge in [-0.3, -0.25) is 4.18 Å². The average Bonchev–Trinajstić information content (AvgIpc) is 2.46. The van der Waals surface area contributed by atoms with Crippen LogP contribution in [0.4, 0.5) is 0 Å². The van der Waals surface area contributed by atoms with Crippen molar-refractivity contribution >= 4 is 10.1 Å². The highest BCUT2D eigenvalue weighted by atomic mass is 32.2. The smallest absolute Gasteiger partial charge is 0.297 e. The van der Waals surface area contributed by atoms with E-state index in [1.54, 1.807) is 37.3 Å². The maximum atomic E-state index is 12.1. The minimum Gasteiger partial charge on any atom is -0.386 e. The van der Waals surface area contributed by atoms with Gasteiger partial charge in [-0.15, -0.1) is 0 Å². The van der Waals surface area contributed by atoms with E-state index in [0.717, 1.165) is 5.56 Å². The van der Waals surface area contributed by atoms with Gasteiger partial charge in [-0.2, -0.15) is 8.42 Å². The van der Waals surface area contributed by atoms with Crippen LogP contribution in [0.1, 0.15) is 22.8 Å². The first kappa shape index (κ1) is 15.7. The molecule has 5 heteroatoms. The molecule has 0 amide bonds. The van der Waals surface area contributed by atoms with Gasteiger partial charge in [-0.05, 0) is 31.0 Å². The topological polar surface area (TPSA) is 63.6 Å². The molecule has 0 heterocycles. The summed E-state index contributed by atoms with van der Waals surface area (Å²) in [4.78, 5) is 0.126. The third-order valence-corrected chi connectivity index (χ3v) is 4.65. The number of rotatable bonds is 5. The summed E-state index contributed by atoms with van der Waals surface area (Å²) < 4.78 is 29.2. The van der Waals surface area contributed by atoms with Crippen LogP contribution in [0, 0.1) is 13.8 Å². The van der Waals surface area contributed by atoms with Crippen molar-refractivity contribution in [1.29, 1.82) is 0 Å². The van der Waals surface area contributed by atoms with Gasteiger partial charge in [0, 0.05) is 0 Å². The van der Waals surface area contributed by atoms with E-state index >= 15 is 0 Å². The molecule has 2 aromatic carbocycles. The number of aliphatic hydroxyl groups excluding tert-OH is 1. The first-order chi connectivity index (χ1) is 9.90. The summed E-state index contributed by atoms with van der Waals surface area (Å²) in [7, 11) is -3.86. The van der Waals surface area contributed by atoms with E-state index in [-0.39, 0.29) is 11.5 Å². The average molecular weight is 306 g/mol. The van der Waals surface area contributed by atoms with E-state index in [2.05, 4.69) is 0 Å². The monoisotopic (exact) mass is 306 g/mol. The van der Waals surface area contributed by atoms with Crippen LogP contribution in [0.2, 0.25) is 0 Å². The van der Waals surface area contributed by atoms with E-state index in [1.807, 2.05) is 19.1 Å².